The first-order chi connectivity index (χ1) is 10.8. The molecule has 1 unspecified atom stereocenters. The molecule has 1 aromatic rings. The molecule has 0 amide bonds. The maximum absolute atomic E-state index is 12.0. The Labute approximate surface area is 147 Å². The Morgan fingerprint density at radius 3 is 2.17 bits per heavy atom. The molecule has 0 aliphatic heterocycles. The van der Waals surface area contributed by atoms with Gasteiger partial charge in [0.2, 0.25) is 0 Å². The number of methoxy groups -OCH3 is 2. The third kappa shape index (κ3) is 7.46. The fourth-order valence-corrected chi connectivity index (χ4v) is 2.93. The van der Waals surface area contributed by atoms with Gasteiger partial charge in [-0.25, -0.2) is 4.79 Å². The lowest BCUT2D eigenvalue weighted by molar-refractivity contribution is -0.101. The SMILES string of the molecule is COC(OC)C(Br)CCCc1ccc(C(=O)OC(C)(C)C)cc1. The van der Waals surface area contributed by atoms with Crippen LogP contribution in [-0.2, 0) is 20.6 Å². The highest BCUT2D eigenvalue weighted by Crippen LogP contribution is 2.18. The van der Waals surface area contributed by atoms with Gasteiger partial charge in [-0.3, -0.25) is 0 Å². The van der Waals surface area contributed by atoms with E-state index < -0.39 is 5.60 Å². The maximum Gasteiger partial charge on any atom is 0.338 e. The summed E-state index contributed by atoms with van der Waals surface area (Å²) in [4.78, 5) is 12.1. The van der Waals surface area contributed by atoms with E-state index in [1.807, 2.05) is 45.0 Å². The van der Waals surface area contributed by atoms with E-state index in [4.69, 9.17) is 14.2 Å². The molecule has 1 rings (SSSR count). The quantitative estimate of drug-likeness (QED) is 0.378. The number of hydrogen-bond donors (Lipinski definition) is 0. The molecule has 0 radical (unpaired) electrons. The average Bonchev–Trinajstić information content (AvgIpc) is 2.47. The van der Waals surface area contributed by atoms with Crippen molar-refractivity contribution < 1.29 is 19.0 Å². The Kier molecular flexibility index (Phi) is 8.23. The number of hydrogen-bond acceptors (Lipinski definition) is 4. The standard InChI is InChI=1S/C18H27BrO4/c1-18(2,3)23-16(20)14-11-9-13(10-12-14)7-6-8-15(19)17(21-4)22-5/h9-12,15,17H,6-8H2,1-5H3. The van der Waals surface area contributed by atoms with Crippen LogP contribution in [0.1, 0.15) is 49.5 Å². The van der Waals surface area contributed by atoms with Gasteiger partial charge in [-0.1, -0.05) is 28.1 Å². The number of rotatable bonds is 8. The van der Waals surface area contributed by atoms with Gasteiger partial charge in [-0.2, -0.15) is 0 Å². The highest BCUT2D eigenvalue weighted by atomic mass is 79.9. The van der Waals surface area contributed by atoms with Crippen molar-refractivity contribution in [3.63, 3.8) is 0 Å². The first kappa shape index (κ1) is 20.1. The van der Waals surface area contributed by atoms with E-state index in [0.29, 0.717) is 5.56 Å². The normalized spacial score (nSPS) is 13.2. The van der Waals surface area contributed by atoms with Crippen LogP contribution in [0.25, 0.3) is 0 Å². The lowest BCUT2D eigenvalue weighted by Crippen LogP contribution is -2.25. The molecule has 23 heavy (non-hydrogen) atoms. The second-order valence-corrected chi connectivity index (χ2v) is 7.62. The van der Waals surface area contributed by atoms with Crippen LogP contribution in [-0.4, -0.2) is 36.9 Å². The van der Waals surface area contributed by atoms with Crippen LogP contribution in [0.4, 0.5) is 0 Å². The van der Waals surface area contributed by atoms with Crippen molar-refractivity contribution in [2.24, 2.45) is 0 Å². The van der Waals surface area contributed by atoms with E-state index in [2.05, 4.69) is 15.9 Å². The summed E-state index contributed by atoms with van der Waals surface area (Å²) in [5, 5.41) is 0. The van der Waals surface area contributed by atoms with Crippen molar-refractivity contribution >= 4 is 21.9 Å². The van der Waals surface area contributed by atoms with Gasteiger partial charge in [0.25, 0.3) is 0 Å². The number of carbonyl (C=O) groups is 1. The molecule has 1 atom stereocenters. The summed E-state index contributed by atoms with van der Waals surface area (Å²) in [6.45, 7) is 5.59. The molecule has 0 N–H and O–H groups in total. The van der Waals surface area contributed by atoms with E-state index in [-0.39, 0.29) is 17.1 Å². The molecule has 0 saturated carbocycles. The van der Waals surface area contributed by atoms with Crippen molar-refractivity contribution in [1.82, 2.24) is 0 Å². The molecule has 0 spiro atoms. The molecular weight excluding hydrogens is 360 g/mol. The van der Waals surface area contributed by atoms with Gasteiger partial charge >= 0.3 is 5.97 Å². The molecule has 1 aromatic carbocycles. The van der Waals surface area contributed by atoms with Crippen molar-refractivity contribution in [1.29, 1.82) is 0 Å². The minimum Gasteiger partial charge on any atom is -0.456 e. The minimum atomic E-state index is -0.472. The van der Waals surface area contributed by atoms with E-state index >= 15 is 0 Å². The van der Waals surface area contributed by atoms with Gasteiger partial charge in [-0.05, 0) is 57.7 Å². The van der Waals surface area contributed by atoms with Crippen molar-refractivity contribution in [2.75, 3.05) is 14.2 Å². The van der Waals surface area contributed by atoms with Crippen LogP contribution < -0.4 is 0 Å². The fourth-order valence-electron chi connectivity index (χ4n) is 2.17. The lowest BCUT2D eigenvalue weighted by Gasteiger charge is -2.20. The highest BCUT2D eigenvalue weighted by molar-refractivity contribution is 9.09. The predicted molar refractivity (Wildman–Crippen MR) is 95.1 cm³/mol. The van der Waals surface area contributed by atoms with Crippen LogP contribution in [0.2, 0.25) is 0 Å². The van der Waals surface area contributed by atoms with Gasteiger partial charge in [0.1, 0.15) is 5.60 Å². The Morgan fingerprint density at radius 2 is 1.70 bits per heavy atom. The van der Waals surface area contributed by atoms with Crippen LogP contribution in [0, 0.1) is 0 Å². The highest BCUT2D eigenvalue weighted by Gasteiger charge is 2.18. The monoisotopic (exact) mass is 386 g/mol. The van der Waals surface area contributed by atoms with E-state index in [1.165, 1.54) is 5.56 Å². The van der Waals surface area contributed by atoms with Crippen molar-refractivity contribution in [3.8, 4) is 0 Å². The third-order valence-electron chi connectivity index (χ3n) is 3.29. The fraction of sp³-hybridized carbons (Fsp3) is 0.611. The number of aryl methyl sites for hydroxylation is 1. The van der Waals surface area contributed by atoms with Crippen molar-refractivity contribution in [2.45, 2.75) is 56.8 Å². The van der Waals surface area contributed by atoms with Gasteiger partial charge in [0.15, 0.2) is 6.29 Å². The molecule has 0 aromatic heterocycles. The molecule has 4 nitrogen and oxygen atoms in total. The summed E-state index contributed by atoms with van der Waals surface area (Å²) >= 11 is 3.59. The van der Waals surface area contributed by atoms with Gasteiger partial charge in [-0.15, -0.1) is 0 Å². The molecule has 0 bridgehead atoms. The molecular formula is C18H27BrO4. The molecule has 0 aliphatic rings. The van der Waals surface area contributed by atoms with Crippen LogP contribution in [0.5, 0.6) is 0 Å². The van der Waals surface area contributed by atoms with Crippen LogP contribution in [0.3, 0.4) is 0 Å². The number of ether oxygens (including phenoxy) is 3. The summed E-state index contributed by atoms with van der Waals surface area (Å²) in [5.74, 6) is -0.285. The Bertz CT molecular complexity index is 475. The van der Waals surface area contributed by atoms with E-state index in [9.17, 15) is 4.79 Å². The topological polar surface area (TPSA) is 44.8 Å². The van der Waals surface area contributed by atoms with Crippen LogP contribution in [0.15, 0.2) is 24.3 Å². The third-order valence-corrected chi connectivity index (χ3v) is 4.18. The summed E-state index contributed by atoms with van der Waals surface area (Å²) in [6, 6.07) is 7.60. The Morgan fingerprint density at radius 1 is 1.13 bits per heavy atom. The number of esters is 1. The maximum atomic E-state index is 12.0. The zero-order chi connectivity index (χ0) is 17.5. The molecule has 0 aliphatic carbocycles. The average molecular weight is 387 g/mol. The zero-order valence-corrected chi connectivity index (χ0v) is 16.2. The number of carbonyl (C=O) groups excluding carboxylic acids is 1. The second-order valence-electron chi connectivity index (χ2n) is 6.45. The van der Waals surface area contributed by atoms with E-state index in [1.54, 1.807) is 14.2 Å². The lowest BCUT2D eigenvalue weighted by atomic mass is 10.0. The van der Waals surface area contributed by atoms with Gasteiger partial charge in [0.05, 0.1) is 10.4 Å². The van der Waals surface area contributed by atoms with Gasteiger partial charge < -0.3 is 14.2 Å². The zero-order valence-electron chi connectivity index (χ0n) is 14.6. The summed E-state index contributed by atoms with van der Waals surface area (Å²) in [6.07, 6.45) is 2.66. The molecule has 0 saturated heterocycles. The minimum absolute atomic E-state index is 0.165. The molecule has 0 heterocycles. The van der Waals surface area contributed by atoms with E-state index in [0.717, 1.165) is 19.3 Å². The van der Waals surface area contributed by atoms with Gasteiger partial charge in [0, 0.05) is 14.2 Å². The molecule has 5 heteroatoms. The van der Waals surface area contributed by atoms with Crippen molar-refractivity contribution in [3.05, 3.63) is 35.4 Å². The smallest absolute Gasteiger partial charge is 0.338 e. The number of alkyl halides is 1. The molecule has 130 valence electrons. The summed E-state index contributed by atoms with van der Waals surface area (Å²) in [7, 11) is 3.27. The summed E-state index contributed by atoms with van der Waals surface area (Å²) in [5.41, 5.74) is 1.31. The Balaban J connectivity index is 2.47. The first-order valence-electron chi connectivity index (χ1n) is 7.78. The molecule has 0 fully saturated rings. The predicted octanol–water partition coefficient (Wildman–Crippen LogP) is 4.35. The second kappa shape index (κ2) is 9.40. The summed E-state index contributed by atoms with van der Waals surface area (Å²) < 4.78 is 15.8. The van der Waals surface area contributed by atoms with Crippen LogP contribution >= 0.6 is 15.9 Å². The largest absolute Gasteiger partial charge is 0.456 e. The Hall–Kier alpha value is -0.910. The number of benzene rings is 1. The number of halogens is 1. The first-order valence-corrected chi connectivity index (χ1v) is 8.70.